The molecule has 0 aliphatic rings. The summed E-state index contributed by atoms with van der Waals surface area (Å²) in [7, 11) is 0. The van der Waals surface area contributed by atoms with Gasteiger partial charge in [-0.1, -0.05) is 0 Å². The second-order valence-electron chi connectivity index (χ2n) is 5.90. The molecule has 2 aromatic heterocycles. The minimum absolute atomic E-state index is 0.0512. The van der Waals surface area contributed by atoms with Gasteiger partial charge in [0.1, 0.15) is 11.9 Å². The molecular formula is C17H24N2O3S. The molecule has 0 saturated carbocycles. The molecule has 3 atom stereocenters. The summed E-state index contributed by atoms with van der Waals surface area (Å²) in [5.41, 5.74) is 0. The molecular weight excluding hydrogens is 312 g/mol. The van der Waals surface area contributed by atoms with Crippen LogP contribution in [0.4, 0.5) is 4.79 Å². The first-order chi connectivity index (χ1) is 10.9. The predicted octanol–water partition coefficient (Wildman–Crippen LogP) is 3.39. The fourth-order valence-electron chi connectivity index (χ4n) is 2.43. The Hall–Kier alpha value is -1.79. The van der Waals surface area contributed by atoms with Crippen LogP contribution in [-0.2, 0) is 6.42 Å². The third-order valence-corrected chi connectivity index (χ3v) is 4.53. The molecule has 2 amide bonds. The van der Waals surface area contributed by atoms with Gasteiger partial charge in [0.15, 0.2) is 0 Å². The number of amides is 2. The monoisotopic (exact) mass is 336 g/mol. The second-order valence-corrected chi connectivity index (χ2v) is 7.28. The molecule has 0 fully saturated rings. The molecule has 2 rings (SSSR count). The van der Waals surface area contributed by atoms with E-state index >= 15 is 0 Å². The number of nitrogens with one attached hydrogen (secondary N) is 2. The van der Waals surface area contributed by atoms with Gasteiger partial charge < -0.3 is 20.2 Å². The lowest BCUT2D eigenvalue weighted by atomic mass is 10.1. The van der Waals surface area contributed by atoms with Crippen LogP contribution < -0.4 is 10.6 Å². The Balaban J connectivity index is 1.72. The number of aliphatic hydroxyl groups is 1. The van der Waals surface area contributed by atoms with Crippen molar-refractivity contribution in [2.75, 3.05) is 0 Å². The number of carbonyl (C=O) groups excluding carboxylic acids is 1. The van der Waals surface area contributed by atoms with E-state index in [-0.39, 0.29) is 18.1 Å². The first kappa shape index (κ1) is 17.6. The predicted molar refractivity (Wildman–Crippen MR) is 91.6 cm³/mol. The van der Waals surface area contributed by atoms with E-state index in [4.69, 9.17) is 4.42 Å². The number of aryl methyl sites for hydroxylation is 1. The lowest BCUT2D eigenvalue weighted by Crippen LogP contribution is -2.45. The Morgan fingerprint density at radius 3 is 2.61 bits per heavy atom. The molecule has 2 aromatic rings. The lowest BCUT2D eigenvalue weighted by Gasteiger charge is -2.19. The van der Waals surface area contributed by atoms with Gasteiger partial charge in [-0.15, -0.1) is 11.3 Å². The molecule has 0 aliphatic heterocycles. The third kappa shape index (κ3) is 5.73. The molecule has 0 aliphatic carbocycles. The van der Waals surface area contributed by atoms with Gasteiger partial charge in [-0.3, -0.25) is 0 Å². The molecule has 0 spiro atoms. The first-order valence-corrected chi connectivity index (χ1v) is 8.59. The van der Waals surface area contributed by atoms with Crippen LogP contribution in [0.15, 0.2) is 34.9 Å². The molecule has 0 bridgehead atoms. The van der Waals surface area contributed by atoms with E-state index in [1.807, 2.05) is 13.8 Å². The Morgan fingerprint density at radius 2 is 2.00 bits per heavy atom. The maximum absolute atomic E-state index is 12.0. The largest absolute Gasteiger partial charge is 0.467 e. The van der Waals surface area contributed by atoms with Crippen LogP contribution in [0.3, 0.4) is 0 Å². The minimum atomic E-state index is -0.716. The zero-order valence-corrected chi connectivity index (χ0v) is 14.5. The number of hydrogen-bond donors (Lipinski definition) is 3. The highest BCUT2D eigenvalue weighted by Crippen LogP contribution is 2.18. The Kier molecular flexibility index (Phi) is 6.24. The SMILES string of the molecule is Cc1ccc(C[C@H](C)NC(=O)N[C@H](C)C[C@H](O)c2ccco2)s1. The van der Waals surface area contributed by atoms with E-state index < -0.39 is 6.10 Å². The van der Waals surface area contributed by atoms with Crippen molar-refractivity contribution >= 4 is 17.4 Å². The van der Waals surface area contributed by atoms with Gasteiger partial charge in [-0.25, -0.2) is 4.79 Å². The molecule has 0 saturated heterocycles. The van der Waals surface area contributed by atoms with Crippen molar-refractivity contribution < 1.29 is 14.3 Å². The lowest BCUT2D eigenvalue weighted by molar-refractivity contribution is 0.129. The Bertz CT molecular complexity index is 609. The van der Waals surface area contributed by atoms with E-state index in [2.05, 4.69) is 29.7 Å². The number of hydrogen-bond acceptors (Lipinski definition) is 4. The molecule has 0 aromatic carbocycles. The second kappa shape index (κ2) is 8.17. The fourth-order valence-corrected chi connectivity index (χ4v) is 3.45. The molecule has 0 radical (unpaired) electrons. The van der Waals surface area contributed by atoms with Gasteiger partial charge in [0.25, 0.3) is 0 Å². The van der Waals surface area contributed by atoms with Gasteiger partial charge in [0.2, 0.25) is 0 Å². The topological polar surface area (TPSA) is 74.5 Å². The van der Waals surface area contributed by atoms with Crippen LogP contribution in [0.25, 0.3) is 0 Å². The van der Waals surface area contributed by atoms with E-state index in [1.165, 1.54) is 16.0 Å². The number of furan rings is 1. The Labute approximate surface area is 140 Å². The average molecular weight is 336 g/mol. The summed E-state index contributed by atoms with van der Waals surface area (Å²) in [4.78, 5) is 14.5. The standard InChI is InChI=1S/C17H24N2O3S/c1-11(9-14-7-6-13(3)23-14)18-17(21)19-12(2)10-15(20)16-5-4-8-22-16/h4-8,11-12,15,20H,9-10H2,1-3H3,(H2,18,19,21)/t11-,12+,15-/m0/s1. The first-order valence-electron chi connectivity index (χ1n) is 7.78. The van der Waals surface area contributed by atoms with Gasteiger partial charge in [-0.05, 0) is 45.0 Å². The zero-order valence-electron chi connectivity index (χ0n) is 13.7. The highest BCUT2D eigenvalue weighted by Gasteiger charge is 2.17. The number of thiophene rings is 1. The summed E-state index contributed by atoms with van der Waals surface area (Å²) < 4.78 is 5.16. The highest BCUT2D eigenvalue weighted by atomic mass is 32.1. The summed E-state index contributed by atoms with van der Waals surface area (Å²) in [6.07, 6.45) is 2.03. The number of carbonyl (C=O) groups is 1. The minimum Gasteiger partial charge on any atom is -0.467 e. The van der Waals surface area contributed by atoms with Gasteiger partial charge in [0.05, 0.1) is 6.26 Å². The average Bonchev–Trinajstić information content (AvgIpc) is 3.09. The smallest absolute Gasteiger partial charge is 0.315 e. The van der Waals surface area contributed by atoms with Gasteiger partial charge in [-0.2, -0.15) is 0 Å². The maximum Gasteiger partial charge on any atom is 0.315 e. The number of aliphatic hydroxyl groups excluding tert-OH is 1. The normalized spacial score (nSPS) is 15.0. The van der Waals surface area contributed by atoms with Crippen LogP contribution in [-0.4, -0.2) is 23.2 Å². The molecule has 126 valence electrons. The summed E-state index contributed by atoms with van der Waals surface area (Å²) in [6, 6.07) is 7.31. The molecule has 23 heavy (non-hydrogen) atoms. The van der Waals surface area contributed by atoms with E-state index in [9.17, 15) is 9.90 Å². The number of urea groups is 1. The van der Waals surface area contributed by atoms with Crippen molar-refractivity contribution in [3.05, 3.63) is 46.0 Å². The van der Waals surface area contributed by atoms with Crippen molar-refractivity contribution in [2.45, 2.75) is 51.8 Å². The third-order valence-electron chi connectivity index (χ3n) is 3.51. The summed E-state index contributed by atoms with van der Waals surface area (Å²) in [5, 5.41) is 15.8. The van der Waals surface area contributed by atoms with Crippen LogP contribution >= 0.6 is 11.3 Å². The Morgan fingerprint density at radius 1 is 1.26 bits per heavy atom. The van der Waals surface area contributed by atoms with Crippen molar-refractivity contribution in [3.8, 4) is 0 Å². The van der Waals surface area contributed by atoms with Crippen molar-refractivity contribution in [1.29, 1.82) is 0 Å². The van der Waals surface area contributed by atoms with Crippen LogP contribution in [0.1, 0.15) is 41.9 Å². The van der Waals surface area contributed by atoms with Crippen molar-refractivity contribution in [3.63, 3.8) is 0 Å². The molecule has 3 N–H and O–H groups in total. The van der Waals surface area contributed by atoms with E-state index in [1.54, 1.807) is 23.5 Å². The zero-order chi connectivity index (χ0) is 16.8. The van der Waals surface area contributed by atoms with Crippen LogP contribution in [0, 0.1) is 6.92 Å². The summed E-state index contributed by atoms with van der Waals surface area (Å²) in [6.45, 7) is 5.92. The van der Waals surface area contributed by atoms with Crippen molar-refractivity contribution in [1.82, 2.24) is 10.6 Å². The quantitative estimate of drug-likeness (QED) is 0.725. The fraction of sp³-hybridized carbons (Fsp3) is 0.471. The van der Waals surface area contributed by atoms with Crippen LogP contribution in [0.2, 0.25) is 0 Å². The maximum atomic E-state index is 12.0. The van der Waals surface area contributed by atoms with Crippen molar-refractivity contribution in [2.24, 2.45) is 0 Å². The summed E-state index contributed by atoms with van der Waals surface area (Å²) in [5.74, 6) is 0.514. The molecule has 2 heterocycles. The van der Waals surface area contributed by atoms with Crippen LogP contribution in [0.5, 0.6) is 0 Å². The van der Waals surface area contributed by atoms with Gasteiger partial charge in [0, 0.05) is 34.7 Å². The van der Waals surface area contributed by atoms with E-state index in [0.29, 0.717) is 12.2 Å². The van der Waals surface area contributed by atoms with E-state index in [0.717, 1.165) is 6.42 Å². The highest BCUT2D eigenvalue weighted by molar-refractivity contribution is 7.11. The summed E-state index contributed by atoms with van der Waals surface area (Å²) >= 11 is 1.75. The molecule has 0 unspecified atom stereocenters. The molecule has 5 nitrogen and oxygen atoms in total. The van der Waals surface area contributed by atoms with Gasteiger partial charge >= 0.3 is 6.03 Å². The molecule has 6 heteroatoms. The number of rotatable bonds is 7.